The maximum Gasteiger partial charge on any atom is 0.127 e. The van der Waals surface area contributed by atoms with E-state index in [2.05, 4.69) is 18.8 Å². The van der Waals surface area contributed by atoms with Crippen LogP contribution in [0, 0.1) is 0 Å². The maximum absolute atomic E-state index is 5.43. The zero-order valence-corrected chi connectivity index (χ0v) is 5.76. The molecule has 0 aromatic rings. The Kier molecular flexibility index (Phi) is 2.25. The summed E-state index contributed by atoms with van der Waals surface area (Å²) in [7, 11) is 0. The van der Waals surface area contributed by atoms with E-state index in [0.717, 1.165) is 13.0 Å². The first-order valence-corrected chi connectivity index (χ1v) is 3.38. The molecule has 9 heavy (non-hydrogen) atoms. The summed E-state index contributed by atoms with van der Waals surface area (Å²) in [5.74, 6) is 0. The van der Waals surface area contributed by atoms with Crippen LogP contribution in [0.2, 0.25) is 0 Å². The summed E-state index contributed by atoms with van der Waals surface area (Å²) in [6, 6.07) is 0. The molecule has 0 saturated carbocycles. The molecule has 1 aliphatic rings. The van der Waals surface area contributed by atoms with Gasteiger partial charge in [0.25, 0.3) is 0 Å². The zero-order valence-electron chi connectivity index (χ0n) is 5.76. The number of ether oxygens (including phenoxy) is 1. The zero-order chi connectivity index (χ0) is 6.69. The van der Waals surface area contributed by atoms with Gasteiger partial charge in [0.2, 0.25) is 0 Å². The molecule has 1 fully saturated rings. The van der Waals surface area contributed by atoms with Crippen LogP contribution >= 0.6 is 0 Å². The quantitative estimate of drug-likeness (QED) is 0.556. The van der Waals surface area contributed by atoms with Crippen molar-refractivity contribution in [1.82, 2.24) is 5.32 Å². The van der Waals surface area contributed by atoms with Crippen molar-refractivity contribution in [3.05, 3.63) is 12.7 Å². The van der Waals surface area contributed by atoms with Crippen LogP contribution < -0.4 is 5.32 Å². The van der Waals surface area contributed by atoms with E-state index >= 15 is 0 Å². The van der Waals surface area contributed by atoms with Crippen molar-refractivity contribution in [3.8, 4) is 0 Å². The SMILES string of the molecule is C=CC1NCC(CC)O1. The van der Waals surface area contributed by atoms with Gasteiger partial charge in [-0.2, -0.15) is 0 Å². The standard InChI is InChI=1S/C7H13NO/c1-3-6-5-8-7(4-2)9-6/h4,6-8H,2-3,5H2,1H3. The monoisotopic (exact) mass is 127 g/mol. The molecule has 2 heteroatoms. The van der Waals surface area contributed by atoms with Crippen molar-refractivity contribution in [1.29, 1.82) is 0 Å². The van der Waals surface area contributed by atoms with Crippen LogP contribution in [0.4, 0.5) is 0 Å². The van der Waals surface area contributed by atoms with Crippen LogP contribution in [0.5, 0.6) is 0 Å². The van der Waals surface area contributed by atoms with Crippen LogP contribution in [0.15, 0.2) is 12.7 Å². The fourth-order valence-corrected chi connectivity index (χ4v) is 0.931. The van der Waals surface area contributed by atoms with Crippen LogP contribution in [-0.4, -0.2) is 18.9 Å². The second-order valence-corrected chi connectivity index (χ2v) is 2.23. The van der Waals surface area contributed by atoms with Gasteiger partial charge in [-0.3, -0.25) is 5.32 Å². The Morgan fingerprint density at radius 2 is 2.67 bits per heavy atom. The fourth-order valence-electron chi connectivity index (χ4n) is 0.931. The lowest BCUT2D eigenvalue weighted by Gasteiger charge is -2.05. The van der Waals surface area contributed by atoms with Crippen molar-refractivity contribution >= 4 is 0 Å². The van der Waals surface area contributed by atoms with Crippen molar-refractivity contribution in [3.63, 3.8) is 0 Å². The van der Waals surface area contributed by atoms with Gasteiger partial charge in [-0.1, -0.05) is 13.5 Å². The molecule has 1 aliphatic heterocycles. The van der Waals surface area contributed by atoms with E-state index in [0.29, 0.717) is 6.10 Å². The van der Waals surface area contributed by atoms with Gasteiger partial charge >= 0.3 is 0 Å². The van der Waals surface area contributed by atoms with Crippen LogP contribution in [-0.2, 0) is 4.74 Å². The average Bonchev–Trinajstić information content (AvgIpc) is 2.34. The Morgan fingerprint density at radius 3 is 3.00 bits per heavy atom. The molecule has 0 spiro atoms. The molecule has 2 unspecified atom stereocenters. The van der Waals surface area contributed by atoms with Gasteiger partial charge in [-0.15, -0.1) is 0 Å². The van der Waals surface area contributed by atoms with Gasteiger partial charge in [-0.05, 0) is 12.5 Å². The van der Waals surface area contributed by atoms with E-state index in [1.54, 1.807) is 6.08 Å². The largest absolute Gasteiger partial charge is 0.355 e. The Balaban J connectivity index is 2.28. The second kappa shape index (κ2) is 2.99. The van der Waals surface area contributed by atoms with Crippen LogP contribution in [0.3, 0.4) is 0 Å². The van der Waals surface area contributed by atoms with Gasteiger partial charge < -0.3 is 4.74 Å². The second-order valence-electron chi connectivity index (χ2n) is 2.23. The highest BCUT2D eigenvalue weighted by Crippen LogP contribution is 2.07. The Hall–Kier alpha value is -0.340. The summed E-state index contributed by atoms with van der Waals surface area (Å²) in [6.45, 7) is 6.71. The third-order valence-electron chi connectivity index (χ3n) is 1.56. The van der Waals surface area contributed by atoms with Gasteiger partial charge in [0, 0.05) is 6.54 Å². The van der Waals surface area contributed by atoms with Gasteiger partial charge in [0.1, 0.15) is 6.23 Å². The van der Waals surface area contributed by atoms with Crippen LogP contribution in [0.1, 0.15) is 13.3 Å². The van der Waals surface area contributed by atoms with Gasteiger partial charge in [0.05, 0.1) is 6.10 Å². The summed E-state index contributed by atoms with van der Waals surface area (Å²) in [5.41, 5.74) is 0. The molecule has 0 aliphatic carbocycles. The fraction of sp³-hybridized carbons (Fsp3) is 0.714. The lowest BCUT2D eigenvalue weighted by Crippen LogP contribution is -2.19. The van der Waals surface area contributed by atoms with E-state index in [9.17, 15) is 0 Å². The summed E-state index contributed by atoms with van der Waals surface area (Å²) >= 11 is 0. The number of rotatable bonds is 2. The molecule has 1 rings (SSSR count). The molecule has 52 valence electrons. The maximum atomic E-state index is 5.43. The molecule has 1 saturated heterocycles. The molecule has 0 aromatic heterocycles. The number of hydrogen-bond donors (Lipinski definition) is 1. The molecule has 0 radical (unpaired) electrons. The van der Waals surface area contributed by atoms with Crippen LogP contribution in [0.25, 0.3) is 0 Å². The smallest absolute Gasteiger partial charge is 0.127 e. The minimum Gasteiger partial charge on any atom is -0.355 e. The first-order valence-electron chi connectivity index (χ1n) is 3.38. The summed E-state index contributed by atoms with van der Waals surface area (Å²) in [5, 5.41) is 3.17. The van der Waals surface area contributed by atoms with Crippen molar-refractivity contribution in [2.24, 2.45) is 0 Å². The molecular weight excluding hydrogens is 114 g/mol. The predicted octanol–water partition coefficient (Wildman–Crippen LogP) is 0.897. The topological polar surface area (TPSA) is 21.3 Å². The average molecular weight is 127 g/mol. The Labute approximate surface area is 55.9 Å². The molecular formula is C7H13NO. The van der Waals surface area contributed by atoms with Gasteiger partial charge in [-0.25, -0.2) is 0 Å². The van der Waals surface area contributed by atoms with E-state index in [-0.39, 0.29) is 6.23 Å². The molecule has 1 heterocycles. The molecule has 0 amide bonds. The molecule has 0 bridgehead atoms. The summed E-state index contributed by atoms with van der Waals surface area (Å²) in [4.78, 5) is 0. The Morgan fingerprint density at radius 1 is 1.89 bits per heavy atom. The number of nitrogens with one attached hydrogen (secondary N) is 1. The molecule has 1 N–H and O–H groups in total. The van der Waals surface area contributed by atoms with E-state index in [4.69, 9.17) is 4.74 Å². The molecule has 2 atom stereocenters. The third-order valence-corrected chi connectivity index (χ3v) is 1.56. The Bertz CT molecular complexity index is 103. The minimum absolute atomic E-state index is 0.0925. The van der Waals surface area contributed by atoms with Gasteiger partial charge in [0.15, 0.2) is 0 Å². The van der Waals surface area contributed by atoms with Crippen molar-refractivity contribution in [2.75, 3.05) is 6.54 Å². The highest BCUT2D eigenvalue weighted by molar-refractivity contribution is 4.84. The normalized spacial score (nSPS) is 34.8. The van der Waals surface area contributed by atoms with Crippen molar-refractivity contribution < 1.29 is 4.74 Å². The third kappa shape index (κ3) is 1.53. The molecule has 2 nitrogen and oxygen atoms in total. The van der Waals surface area contributed by atoms with E-state index < -0.39 is 0 Å². The predicted molar refractivity (Wildman–Crippen MR) is 37.2 cm³/mol. The lowest BCUT2D eigenvalue weighted by molar-refractivity contribution is 0.0680. The summed E-state index contributed by atoms with van der Waals surface area (Å²) in [6.07, 6.45) is 3.36. The highest BCUT2D eigenvalue weighted by atomic mass is 16.5. The van der Waals surface area contributed by atoms with E-state index in [1.165, 1.54) is 0 Å². The lowest BCUT2D eigenvalue weighted by atomic mass is 10.3. The first kappa shape index (κ1) is 6.78. The minimum atomic E-state index is 0.0925. The first-order chi connectivity index (χ1) is 4.36. The number of hydrogen-bond acceptors (Lipinski definition) is 2. The summed E-state index contributed by atoms with van der Waals surface area (Å²) < 4.78 is 5.43. The highest BCUT2D eigenvalue weighted by Gasteiger charge is 2.19. The van der Waals surface area contributed by atoms with E-state index in [1.807, 2.05) is 0 Å². The molecule has 0 aromatic carbocycles. The van der Waals surface area contributed by atoms with Crippen molar-refractivity contribution in [2.45, 2.75) is 25.7 Å².